The van der Waals surface area contributed by atoms with Crippen LogP contribution in [0.1, 0.15) is 50.4 Å². The molecular weight excluding hydrogens is 328 g/mol. The van der Waals surface area contributed by atoms with Crippen molar-refractivity contribution in [1.82, 2.24) is 15.2 Å². The Morgan fingerprint density at radius 2 is 2.04 bits per heavy atom. The molecule has 2 N–H and O–H groups in total. The first kappa shape index (κ1) is 18.7. The Kier molecular flexibility index (Phi) is 5.21. The molecule has 3 atom stereocenters. The third-order valence-corrected chi connectivity index (χ3v) is 6.12. The Balaban J connectivity index is 1.56. The highest BCUT2D eigenvalue weighted by Gasteiger charge is 2.44. The number of nitrogens with one attached hydrogen (secondary N) is 2. The second kappa shape index (κ2) is 7.25. The third-order valence-electron chi connectivity index (χ3n) is 6.12. The number of likely N-dealkylation sites (tertiary alicyclic amines) is 1. The second-order valence-electron chi connectivity index (χ2n) is 8.39. The standard InChI is InChI=1S/C20H30N4O2/c1-13-12-24(19(26)14-5-6-17(21-4)22-11-14)10-8-16(13)23-18(25)15-7-9-20(15,2)3/h5-6,11,13,15-16H,7-10,12H2,1-4H3,(H,21,22)(H,23,25). The number of hydrogen-bond acceptors (Lipinski definition) is 4. The highest BCUT2D eigenvalue weighted by Crippen LogP contribution is 2.46. The van der Waals surface area contributed by atoms with E-state index in [1.165, 1.54) is 0 Å². The summed E-state index contributed by atoms with van der Waals surface area (Å²) >= 11 is 0. The number of anilines is 1. The van der Waals surface area contributed by atoms with Crippen LogP contribution in [0.5, 0.6) is 0 Å². The third kappa shape index (κ3) is 3.69. The van der Waals surface area contributed by atoms with Crippen molar-refractivity contribution in [3.05, 3.63) is 23.9 Å². The van der Waals surface area contributed by atoms with Crippen LogP contribution >= 0.6 is 0 Å². The smallest absolute Gasteiger partial charge is 0.255 e. The van der Waals surface area contributed by atoms with Crippen molar-refractivity contribution in [3.8, 4) is 0 Å². The lowest BCUT2D eigenvalue weighted by molar-refractivity contribution is -0.135. The molecule has 1 saturated carbocycles. The van der Waals surface area contributed by atoms with Gasteiger partial charge in [0.1, 0.15) is 5.82 Å². The Labute approximate surface area is 155 Å². The van der Waals surface area contributed by atoms with Crippen LogP contribution < -0.4 is 10.6 Å². The summed E-state index contributed by atoms with van der Waals surface area (Å²) in [5.41, 5.74) is 0.728. The maximum Gasteiger partial charge on any atom is 0.255 e. The number of aromatic nitrogens is 1. The van der Waals surface area contributed by atoms with Crippen molar-refractivity contribution in [2.75, 3.05) is 25.5 Å². The van der Waals surface area contributed by atoms with Gasteiger partial charge in [0.15, 0.2) is 0 Å². The molecule has 26 heavy (non-hydrogen) atoms. The summed E-state index contributed by atoms with van der Waals surface area (Å²) in [7, 11) is 1.80. The fourth-order valence-corrected chi connectivity index (χ4v) is 4.03. The van der Waals surface area contributed by atoms with E-state index in [0.29, 0.717) is 18.7 Å². The molecule has 1 aromatic rings. The SMILES string of the molecule is CNc1ccc(C(=O)N2CCC(NC(=O)C3CCC3(C)C)C(C)C2)cn1. The Morgan fingerprint density at radius 1 is 1.27 bits per heavy atom. The molecule has 1 aromatic heterocycles. The van der Waals surface area contributed by atoms with Gasteiger partial charge in [-0.15, -0.1) is 0 Å². The normalized spacial score (nSPS) is 27.4. The van der Waals surface area contributed by atoms with E-state index >= 15 is 0 Å². The zero-order valence-electron chi connectivity index (χ0n) is 16.2. The van der Waals surface area contributed by atoms with Gasteiger partial charge in [-0.1, -0.05) is 20.8 Å². The van der Waals surface area contributed by atoms with Gasteiger partial charge in [0.05, 0.1) is 5.56 Å². The summed E-state index contributed by atoms with van der Waals surface area (Å²) in [4.78, 5) is 31.3. The minimum absolute atomic E-state index is 0.0110. The lowest BCUT2D eigenvalue weighted by Crippen LogP contribution is -2.55. The van der Waals surface area contributed by atoms with Gasteiger partial charge < -0.3 is 15.5 Å². The Hall–Kier alpha value is -2.11. The molecule has 2 aliphatic rings. The van der Waals surface area contributed by atoms with Gasteiger partial charge in [-0.05, 0) is 42.7 Å². The van der Waals surface area contributed by atoms with E-state index in [0.717, 1.165) is 25.1 Å². The Bertz CT molecular complexity index is 671. The van der Waals surface area contributed by atoms with Crippen LogP contribution in [-0.4, -0.2) is 47.9 Å². The van der Waals surface area contributed by atoms with Crippen LogP contribution in [0.15, 0.2) is 18.3 Å². The molecule has 3 unspecified atom stereocenters. The number of rotatable bonds is 4. The highest BCUT2D eigenvalue weighted by molar-refractivity contribution is 5.94. The predicted molar refractivity (Wildman–Crippen MR) is 102 cm³/mol. The molecule has 2 amide bonds. The van der Waals surface area contributed by atoms with Crippen LogP contribution in [0, 0.1) is 17.3 Å². The molecular formula is C20H30N4O2. The summed E-state index contributed by atoms with van der Waals surface area (Å²) in [6.07, 6.45) is 4.52. The average Bonchev–Trinajstić information content (AvgIpc) is 2.62. The van der Waals surface area contributed by atoms with E-state index in [4.69, 9.17) is 0 Å². The monoisotopic (exact) mass is 358 g/mol. The fourth-order valence-electron chi connectivity index (χ4n) is 4.03. The minimum Gasteiger partial charge on any atom is -0.373 e. The van der Waals surface area contributed by atoms with Crippen molar-refractivity contribution < 1.29 is 9.59 Å². The van der Waals surface area contributed by atoms with Crippen molar-refractivity contribution in [1.29, 1.82) is 0 Å². The van der Waals surface area contributed by atoms with E-state index in [1.807, 2.05) is 11.0 Å². The number of pyridine rings is 1. The van der Waals surface area contributed by atoms with Gasteiger partial charge >= 0.3 is 0 Å². The molecule has 0 spiro atoms. The quantitative estimate of drug-likeness (QED) is 0.867. The number of piperidine rings is 1. The van der Waals surface area contributed by atoms with Crippen molar-refractivity contribution >= 4 is 17.6 Å². The van der Waals surface area contributed by atoms with Gasteiger partial charge in [-0.3, -0.25) is 9.59 Å². The second-order valence-corrected chi connectivity index (χ2v) is 8.39. The van der Waals surface area contributed by atoms with Crippen molar-refractivity contribution in [3.63, 3.8) is 0 Å². The fraction of sp³-hybridized carbons (Fsp3) is 0.650. The number of amides is 2. The average molecular weight is 358 g/mol. The largest absolute Gasteiger partial charge is 0.373 e. The van der Waals surface area contributed by atoms with Crippen LogP contribution in [0.3, 0.4) is 0 Å². The molecule has 3 rings (SSSR count). The minimum atomic E-state index is 0.0110. The van der Waals surface area contributed by atoms with E-state index in [9.17, 15) is 9.59 Å². The predicted octanol–water partition coefficient (Wildman–Crippen LogP) is 2.53. The van der Waals surface area contributed by atoms with Gasteiger partial charge in [-0.2, -0.15) is 0 Å². The number of carbonyl (C=O) groups is 2. The molecule has 142 valence electrons. The van der Waals surface area contributed by atoms with Crippen LogP contribution in [-0.2, 0) is 4.79 Å². The highest BCUT2D eigenvalue weighted by atomic mass is 16.2. The van der Waals surface area contributed by atoms with Gasteiger partial charge in [-0.25, -0.2) is 4.98 Å². The zero-order valence-corrected chi connectivity index (χ0v) is 16.2. The lowest BCUT2D eigenvalue weighted by Gasteiger charge is -2.45. The topological polar surface area (TPSA) is 74.3 Å². The summed E-state index contributed by atoms with van der Waals surface area (Å²) < 4.78 is 0. The molecule has 6 heteroatoms. The van der Waals surface area contributed by atoms with Crippen molar-refractivity contribution in [2.24, 2.45) is 17.3 Å². The zero-order chi connectivity index (χ0) is 18.9. The van der Waals surface area contributed by atoms with Gasteiger partial charge in [0, 0.05) is 38.3 Å². The maximum absolute atomic E-state index is 12.7. The summed E-state index contributed by atoms with van der Waals surface area (Å²) in [6, 6.07) is 3.76. The van der Waals surface area contributed by atoms with Gasteiger partial charge in [0.2, 0.25) is 5.91 Å². The number of hydrogen-bond donors (Lipinski definition) is 2. The molecule has 2 fully saturated rings. The molecule has 1 aliphatic heterocycles. The van der Waals surface area contributed by atoms with E-state index in [1.54, 1.807) is 19.3 Å². The van der Waals surface area contributed by atoms with Crippen LogP contribution in [0.25, 0.3) is 0 Å². The lowest BCUT2D eigenvalue weighted by atomic mass is 9.62. The van der Waals surface area contributed by atoms with E-state index in [-0.39, 0.29) is 35.1 Å². The maximum atomic E-state index is 12.7. The first-order valence-electron chi connectivity index (χ1n) is 9.55. The Morgan fingerprint density at radius 3 is 2.54 bits per heavy atom. The summed E-state index contributed by atoms with van der Waals surface area (Å²) in [5, 5.41) is 6.19. The number of nitrogens with zero attached hydrogens (tertiary/aromatic N) is 2. The summed E-state index contributed by atoms with van der Waals surface area (Å²) in [5.74, 6) is 1.31. The first-order valence-corrected chi connectivity index (χ1v) is 9.55. The molecule has 0 bridgehead atoms. The van der Waals surface area contributed by atoms with Crippen LogP contribution in [0.2, 0.25) is 0 Å². The molecule has 6 nitrogen and oxygen atoms in total. The van der Waals surface area contributed by atoms with E-state index in [2.05, 4.69) is 36.4 Å². The van der Waals surface area contributed by atoms with Gasteiger partial charge in [0.25, 0.3) is 5.91 Å². The molecule has 1 saturated heterocycles. The first-order chi connectivity index (χ1) is 12.3. The molecule has 0 radical (unpaired) electrons. The van der Waals surface area contributed by atoms with Crippen LogP contribution in [0.4, 0.5) is 5.82 Å². The number of carbonyl (C=O) groups excluding carboxylic acids is 2. The summed E-state index contributed by atoms with van der Waals surface area (Å²) in [6.45, 7) is 7.76. The van der Waals surface area contributed by atoms with Crippen molar-refractivity contribution in [2.45, 2.75) is 46.1 Å². The van der Waals surface area contributed by atoms with E-state index < -0.39 is 0 Å². The molecule has 0 aromatic carbocycles. The molecule has 2 heterocycles. The molecule has 1 aliphatic carbocycles.